The Morgan fingerprint density at radius 3 is 2.56 bits per heavy atom. The lowest BCUT2D eigenvalue weighted by molar-refractivity contribution is -0.0862. The molecule has 25 heavy (non-hydrogen) atoms. The van der Waals surface area contributed by atoms with E-state index in [1.165, 1.54) is 0 Å². The van der Waals surface area contributed by atoms with Gasteiger partial charge in [-0.3, -0.25) is 4.90 Å². The third-order valence-corrected chi connectivity index (χ3v) is 5.06. The zero-order valence-electron chi connectivity index (χ0n) is 14.3. The number of hydrogen-bond donors (Lipinski definition) is 4. The van der Waals surface area contributed by atoms with Gasteiger partial charge in [0.15, 0.2) is 0 Å². The molecule has 2 amide bonds. The molecule has 0 bridgehead atoms. The summed E-state index contributed by atoms with van der Waals surface area (Å²) in [5.74, 6) is 0.709. The lowest BCUT2D eigenvalue weighted by atomic mass is 9.90. The van der Waals surface area contributed by atoms with Gasteiger partial charge in [0.2, 0.25) is 0 Å². The van der Waals surface area contributed by atoms with Gasteiger partial charge in [0.05, 0.1) is 25.9 Å². The normalized spacial score (nSPS) is 29.8. The summed E-state index contributed by atoms with van der Waals surface area (Å²) >= 11 is 0. The second-order valence-electron chi connectivity index (χ2n) is 6.67. The van der Waals surface area contributed by atoms with E-state index in [0.717, 1.165) is 6.42 Å². The van der Waals surface area contributed by atoms with Crippen LogP contribution in [-0.2, 0) is 0 Å². The number of urea groups is 1. The third kappa shape index (κ3) is 3.87. The van der Waals surface area contributed by atoms with E-state index in [9.17, 15) is 15.0 Å². The quantitative estimate of drug-likeness (QED) is 0.594. The number of fused-ring (bicyclic) bond motifs is 1. The monoisotopic (exact) mass is 350 g/mol. The fraction of sp³-hybridized carbons (Fsp3) is 0.588. The summed E-state index contributed by atoms with van der Waals surface area (Å²) in [5, 5.41) is 23.2. The topological polar surface area (TPSA) is 111 Å². The molecule has 0 spiro atoms. The van der Waals surface area contributed by atoms with Gasteiger partial charge in [-0.2, -0.15) is 0 Å². The van der Waals surface area contributed by atoms with Gasteiger partial charge in [-0.25, -0.2) is 4.79 Å². The number of hydrogen-bond acceptors (Lipinski definition) is 6. The van der Waals surface area contributed by atoms with E-state index in [4.69, 9.17) is 10.5 Å². The van der Waals surface area contributed by atoms with Crippen molar-refractivity contribution < 1.29 is 19.7 Å². The number of benzene rings is 1. The zero-order valence-corrected chi connectivity index (χ0v) is 14.3. The van der Waals surface area contributed by atoms with Crippen molar-refractivity contribution in [3.63, 3.8) is 0 Å². The highest BCUT2D eigenvalue weighted by Gasteiger charge is 2.43. The number of nitrogens with two attached hydrogens (primary N) is 1. The molecule has 4 atom stereocenters. The molecule has 8 heteroatoms. The molecular weight excluding hydrogens is 324 g/mol. The molecule has 2 unspecified atom stereocenters. The van der Waals surface area contributed by atoms with Crippen molar-refractivity contribution in [3.05, 3.63) is 24.3 Å². The molecule has 8 nitrogen and oxygen atoms in total. The van der Waals surface area contributed by atoms with Crippen molar-refractivity contribution in [3.8, 4) is 5.75 Å². The first kappa shape index (κ1) is 17.9. The lowest BCUT2D eigenvalue weighted by Gasteiger charge is -2.52. The predicted molar refractivity (Wildman–Crippen MR) is 93.6 cm³/mol. The number of rotatable bonds is 3. The van der Waals surface area contributed by atoms with Gasteiger partial charge in [-0.1, -0.05) is 0 Å². The zero-order chi connectivity index (χ0) is 18.0. The summed E-state index contributed by atoms with van der Waals surface area (Å²) < 4.78 is 5.10. The van der Waals surface area contributed by atoms with E-state index in [1.807, 2.05) is 0 Å². The van der Waals surface area contributed by atoms with Crippen LogP contribution in [0, 0.1) is 0 Å². The van der Waals surface area contributed by atoms with E-state index in [0.29, 0.717) is 31.1 Å². The molecule has 2 aliphatic heterocycles. The number of ether oxygens (including phenoxy) is 1. The maximum absolute atomic E-state index is 12.6. The average molecular weight is 350 g/mol. The number of nitrogens with zero attached hydrogens (tertiary/aromatic N) is 2. The van der Waals surface area contributed by atoms with Crippen LogP contribution in [-0.4, -0.2) is 83.6 Å². The molecular formula is C17H26N4O4. The summed E-state index contributed by atoms with van der Waals surface area (Å²) in [6, 6.07) is 7.11. The van der Waals surface area contributed by atoms with E-state index in [-0.39, 0.29) is 24.7 Å². The fourth-order valence-electron chi connectivity index (χ4n) is 3.51. The van der Waals surface area contributed by atoms with E-state index >= 15 is 0 Å². The highest BCUT2D eigenvalue weighted by atomic mass is 16.5. The van der Waals surface area contributed by atoms with Gasteiger partial charge in [0.1, 0.15) is 5.75 Å². The third-order valence-electron chi connectivity index (χ3n) is 5.06. The first-order chi connectivity index (χ1) is 12.0. The molecule has 2 fully saturated rings. The molecule has 0 radical (unpaired) electrons. The Labute approximate surface area is 147 Å². The van der Waals surface area contributed by atoms with Crippen LogP contribution >= 0.6 is 0 Å². The van der Waals surface area contributed by atoms with Gasteiger partial charge >= 0.3 is 6.03 Å². The Kier molecular flexibility index (Phi) is 5.43. The number of aliphatic hydroxyl groups excluding tert-OH is 2. The second kappa shape index (κ2) is 7.57. The van der Waals surface area contributed by atoms with Crippen LogP contribution < -0.4 is 15.8 Å². The van der Waals surface area contributed by atoms with Crippen LogP contribution in [0.4, 0.5) is 10.5 Å². The second-order valence-corrected chi connectivity index (χ2v) is 6.67. The minimum atomic E-state index is -0.985. The Morgan fingerprint density at radius 1 is 1.24 bits per heavy atom. The van der Waals surface area contributed by atoms with E-state index in [2.05, 4.69) is 10.2 Å². The van der Waals surface area contributed by atoms with Crippen molar-refractivity contribution in [2.24, 2.45) is 5.73 Å². The van der Waals surface area contributed by atoms with Gasteiger partial charge < -0.3 is 30.9 Å². The van der Waals surface area contributed by atoms with Crippen molar-refractivity contribution in [2.45, 2.75) is 30.7 Å². The maximum Gasteiger partial charge on any atom is 0.321 e. The number of nitrogens with one attached hydrogen (secondary N) is 1. The van der Waals surface area contributed by atoms with Crippen molar-refractivity contribution in [1.82, 2.24) is 9.80 Å². The molecule has 0 saturated carbocycles. The summed E-state index contributed by atoms with van der Waals surface area (Å²) in [6.45, 7) is 1.50. The number of carbonyl (C=O) groups excluding carboxylic acids is 1. The van der Waals surface area contributed by atoms with Crippen LogP contribution in [0.25, 0.3) is 0 Å². The Morgan fingerprint density at radius 2 is 1.92 bits per heavy atom. The van der Waals surface area contributed by atoms with Crippen LogP contribution in [0.2, 0.25) is 0 Å². The summed E-state index contributed by atoms with van der Waals surface area (Å²) in [7, 11) is 1.58. The Balaban J connectivity index is 1.67. The number of β-amino-alcohol motifs (C(OH)–C–C–N with tert-alkyl or cyclic N) is 1. The number of aliphatic hydroxyl groups is 2. The molecule has 138 valence electrons. The maximum atomic E-state index is 12.6. The number of carbonyl (C=O) groups is 1. The highest BCUT2D eigenvalue weighted by Crippen LogP contribution is 2.28. The van der Waals surface area contributed by atoms with Crippen molar-refractivity contribution in [2.75, 3.05) is 38.6 Å². The average Bonchev–Trinajstić information content (AvgIpc) is 2.61. The van der Waals surface area contributed by atoms with Gasteiger partial charge in [-0.15, -0.1) is 0 Å². The number of amides is 2. The van der Waals surface area contributed by atoms with Gasteiger partial charge in [0.25, 0.3) is 0 Å². The van der Waals surface area contributed by atoms with Crippen molar-refractivity contribution in [1.29, 1.82) is 0 Å². The summed E-state index contributed by atoms with van der Waals surface area (Å²) in [4.78, 5) is 16.3. The summed E-state index contributed by atoms with van der Waals surface area (Å²) in [5.41, 5.74) is 6.39. The molecule has 1 aromatic carbocycles. The van der Waals surface area contributed by atoms with Crippen LogP contribution in [0.15, 0.2) is 24.3 Å². The first-order valence-corrected chi connectivity index (χ1v) is 8.53. The lowest BCUT2D eigenvalue weighted by Crippen LogP contribution is -2.67. The summed E-state index contributed by atoms with van der Waals surface area (Å²) in [6.07, 6.45) is -0.985. The van der Waals surface area contributed by atoms with Crippen LogP contribution in [0.5, 0.6) is 5.75 Å². The molecule has 3 rings (SSSR count). The predicted octanol–water partition coefficient (Wildman–Crippen LogP) is -0.334. The smallest absolute Gasteiger partial charge is 0.321 e. The van der Waals surface area contributed by atoms with E-state index < -0.39 is 12.2 Å². The molecule has 1 aromatic rings. The standard InChI is InChI=1S/C17H26N4O4/c1-25-14-4-2-11(3-5-14)19-17(24)20-8-13-6-12(7-18)21(13)10-16(23)15(22)9-20/h2-5,12-13,15-16,22-23H,6-10,18H2,1H3,(H,19,24)/t12-,13+,15?,16?/m0/s1. The van der Waals surface area contributed by atoms with E-state index in [1.54, 1.807) is 36.3 Å². The first-order valence-electron chi connectivity index (χ1n) is 8.53. The molecule has 0 aromatic heterocycles. The molecule has 0 aliphatic carbocycles. The fourth-order valence-corrected chi connectivity index (χ4v) is 3.51. The highest BCUT2D eigenvalue weighted by molar-refractivity contribution is 5.89. The largest absolute Gasteiger partial charge is 0.497 e. The minimum absolute atomic E-state index is 0.0980. The van der Waals surface area contributed by atoms with Gasteiger partial charge in [-0.05, 0) is 30.7 Å². The molecule has 2 saturated heterocycles. The van der Waals surface area contributed by atoms with Crippen LogP contribution in [0.1, 0.15) is 6.42 Å². The number of methoxy groups -OCH3 is 1. The Hall–Kier alpha value is -1.87. The van der Waals surface area contributed by atoms with Crippen LogP contribution in [0.3, 0.4) is 0 Å². The SMILES string of the molecule is COc1ccc(NC(=O)N2CC(O)C(O)CN3[C@H](CN)C[C@@H]3C2)cc1. The molecule has 5 N–H and O–H groups in total. The van der Waals surface area contributed by atoms with Gasteiger partial charge in [0, 0.05) is 37.4 Å². The Bertz CT molecular complexity index is 597. The molecule has 2 heterocycles. The van der Waals surface area contributed by atoms with Crippen molar-refractivity contribution >= 4 is 11.7 Å². The minimum Gasteiger partial charge on any atom is -0.497 e. The molecule has 2 aliphatic rings. The number of anilines is 1.